The quantitative estimate of drug-likeness (QED) is 0.425. The van der Waals surface area contributed by atoms with Crippen molar-refractivity contribution in [3.63, 3.8) is 0 Å². The number of hydrogen-bond acceptors (Lipinski definition) is 6. The number of H-pyrrole nitrogens is 1. The van der Waals surface area contributed by atoms with E-state index in [-0.39, 0.29) is 5.82 Å². The van der Waals surface area contributed by atoms with Gasteiger partial charge in [-0.15, -0.1) is 0 Å². The summed E-state index contributed by atoms with van der Waals surface area (Å²) in [6, 6.07) is 12.9. The Hall–Kier alpha value is -4.27. The van der Waals surface area contributed by atoms with Crippen LogP contribution >= 0.6 is 0 Å². The monoisotopic (exact) mass is 451 g/mol. The van der Waals surface area contributed by atoms with Crippen LogP contribution in [0.5, 0.6) is 23.0 Å². The first-order valence-corrected chi connectivity index (χ1v) is 9.92. The van der Waals surface area contributed by atoms with Gasteiger partial charge in [-0.05, 0) is 48.0 Å². The molecular weight excluding hydrogens is 429 g/mol. The van der Waals surface area contributed by atoms with Crippen molar-refractivity contribution in [3.05, 3.63) is 59.9 Å². The predicted molar refractivity (Wildman–Crippen MR) is 122 cm³/mol. The molecule has 1 heterocycles. The van der Waals surface area contributed by atoms with E-state index >= 15 is 0 Å². The summed E-state index contributed by atoms with van der Waals surface area (Å²) < 4.78 is 35.1. The lowest BCUT2D eigenvalue weighted by Gasteiger charge is -2.13. The first-order valence-electron chi connectivity index (χ1n) is 9.92. The van der Waals surface area contributed by atoms with Crippen LogP contribution in [0.3, 0.4) is 0 Å². The average Bonchev–Trinajstić information content (AvgIpc) is 3.24. The first kappa shape index (κ1) is 21.9. The van der Waals surface area contributed by atoms with Gasteiger partial charge < -0.3 is 24.3 Å². The normalized spacial score (nSPS) is 10.7. The van der Waals surface area contributed by atoms with E-state index in [2.05, 4.69) is 15.5 Å². The molecule has 9 heteroatoms. The van der Waals surface area contributed by atoms with Gasteiger partial charge in [-0.25, -0.2) is 4.39 Å². The number of rotatable bonds is 7. The zero-order valence-corrected chi connectivity index (χ0v) is 18.5. The van der Waals surface area contributed by atoms with Crippen molar-refractivity contribution in [1.29, 1.82) is 0 Å². The molecule has 3 aromatic carbocycles. The summed E-state index contributed by atoms with van der Waals surface area (Å²) in [6.45, 7) is 0. The van der Waals surface area contributed by atoms with Gasteiger partial charge in [-0.1, -0.05) is 6.07 Å². The minimum Gasteiger partial charge on any atom is -0.496 e. The Bertz CT molecular complexity index is 1310. The number of nitrogens with one attached hydrogen (secondary N) is 2. The van der Waals surface area contributed by atoms with Crippen LogP contribution < -0.4 is 24.3 Å². The number of ether oxygens (including phenoxy) is 4. The van der Waals surface area contributed by atoms with Crippen LogP contribution in [0.2, 0.25) is 0 Å². The number of methoxy groups -OCH3 is 4. The lowest BCUT2D eigenvalue weighted by molar-refractivity contribution is 0.102. The second-order valence-electron chi connectivity index (χ2n) is 7.05. The standard InChI is InChI=1S/C24H22FN3O5/c1-30-19-8-6-15(25)12-17(19)13-5-7-16-18(9-13)27-28-23(16)26-24(29)14-10-20(31-2)22(33-4)21(11-14)32-3/h5-12H,1-4H3,(H2,26,27,28,29). The van der Waals surface area contributed by atoms with E-state index in [1.165, 1.54) is 40.6 Å². The second kappa shape index (κ2) is 9.07. The number of amides is 1. The van der Waals surface area contributed by atoms with Crippen molar-refractivity contribution >= 4 is 22.6 Å². The molecule has 1 amide bonds. The third-order valence-electron chi connectivity index (χ3n) is 5.19. The molecule has 2 N–H and O–H groups in total. The van der Waals surface area contributed by atoms with Crippen molar-refractivity contribution in [2.24, 2.45) is 0 Å². The van der Waals surface area contributed by atoms with Gasteiger partial charge in [0.2, 0.25) is 5.75 Å². The highest BCUT2D eigenvalue weighted by molar-refractivity contribution is 6.08. The molecule has 170 valence electrons. The molecule has 0 bridgehead atoms. The second-order valence-corrected chi connectivity index (χ2v) is 7.05. The molecule has 0 fully saturated rings. The van der Waals surface area contributed by atoms with Crippen molar-refractivity contribution in [3.8, 4) is 34.1 Å². The maximum atomic E-state index is 13.8. The summed E-state index contributed by atoms with van der Waals surface area (Å²) in [7, 11) is 5.97. The first-order chi connectivity index (χ1) is 16.0. The van der Waals surface area contributed by atoms with E-state index in [9.17, 15) is 9.18 Å². The summed E-state index contributed by atoms with van der Waals surface area (Å²) >= 11 is 0. The highest BCUT2D eigenvalue weighted by atomic mass is 19.1. The number of aromatic amines is 1. The molecule has 0 saturated carbocycles. The van der Waals surface area contributed by atoms with Crippen molar-refractivity contribution in [1.82, 2.24) is 10.2 Å². The molecule has 0 atom stereocenters. The fraction of sp³-hybridized carbons (Fsp3) is 0.167. The van der Waals surface area contributed by atoms with Gasteiger partial charge in [0.1, 0.15) is 11.6 Å². The lowest BCUT2D eigenvalue weighted by Crippen LogP contribution is -2.13. The number of carbonyl (C=O) groups is 1. The molecular formula is C24H22FN3O5. The van der Waals surface area contributed by atoms with Crippen molar-refractivity contribution in [2.45, 2.75) is 0 Å². The number of hydrogen-bond donors (Lipinski definition) is 2. The summed E-state index contributed by atoms with van der Waals surface area (Å²) in [4.78, 5) is 12.9. The van der Waals surface area contributed by atoms with Crippen molar-refractivity contribution in [2.75, 3.05) is 33.8 Å². The van der Waals surface area contributed by atoms with E-state index < -0.39 is 5.91 Å². The van der Waals surface area contributed by atoms with Crippen LogP contribution in [0.4, 0.5) is 10.2 Å². The number of nitrogens with zero attached hydrogens (tertiary/aromatic N) is 1. The molecule has 0 radical (unpaired) electrons. The Kier molecular flexibility index (Phi) is 6.03. The Morgan fingerprint density at radius 3 is 2.21 bits per heavy atom. The third-order valence-corrected chi connectivity index (χ3v) is 5.19. The van der Waals surface area contributed by atoms with Gasteiger partial charge in [0, 0.05) is 16.5 Å². The van der Waals surface area contributed by atoms with Gasteiger partial charge >= 0.3 is 0 Å². The Labute approximate surface area is 189 Å². The summed E-state index contributed by atoms with van der Waals surface area (Å²) in [5, 5.41) is 10.6. The maximum Gasteiger partial charge on any atom is 0.257 e. The molecule has 1 aromatic heterocycles. The predicted octanol–water partition coefficient (Wildman–Crippen LogP) is 4.66. The molecule has 0 aliphatic heterocycles. The van der Waals surface area contributed by atoms with Gasteiger partial charge in [0.05, 0.1) is 34.0 Å². The fourth-order valence-electron chi connectivity index (χ4n) is 3.58. The van der Waals surface area contributed by atoms with E-state index in [1.54, 1.807) is 24.3 Å². The molecule has 8 nitrogen and oxygen atoms in total. The number of benzene rings is 3. The highest BCUT2D eigenvalue weighted by Crippen LogP contribution is 2.38. The maximum absolute atomic E-state index is 13.8. The van der Waals surface area contributed by atoms with Gasteiger partial charge in [-0.3, -0.25) is 9.89 Å². The van der Waals surface area contributed by atoms with Crippen LogP contribution in [0.25, 0.3) is 22.0 Å². The zero-order valence-electron chi connectivity index (χ0n) is 18.5. The largest absolute Gasteiger partial charge is 0.496 e. The Morgan fingerprint density at radius 2 is 1.58 bits per heavy atom. The van der Waals surface area contributed by atoms with Crippen LogP contribution in [0.15, 0.2) is 48.5 Å². The number of carbonyl (C=O) groups excluding carboxylic acids is 1. The molecule has 0 aliphatic rings. The Morgan fingerprint density at radius 1 is 0.879 bits per heavy atom. The number of halogens is 1. The topological polar surface area (TPSA) is 94.7 Å². The molecule has 0 aliphatic carbocycles. The average molecular weight is 451 g/mol. The van der Waals surface area contributed by atoms with Crippen LogP contribution in [-0.2, 0) is 0 Å². The van der Waals surface area contributed by atoms with Crippen LogP contribution in [0, 0.1) is 5.82 Å². The van der Waals surface area contributed by atoms with Crippen LogP contribution in [0.1, 0.15) is 10.4 Å². The summed E-state index contributed by atoms with van der Waals surface area (Å²) in [5.74, 6) is 1.24. The number of aromatic nitrogens is 2. The number of anilines is 1. The lowest BCUT2D eigenvalue weighted by atomic mass is 10.0. The number of fused-ring (bicyclic) bond motifs is 1. The fourth-order valence-corrected chi connectivity index (χ4v) is 3.58. The molecule has 4 aromatic rings. The molecule has 0 spiro atoms. The van der Waals surface area contributed by atoms with Crippen molar-refractivity contribution < 1.29 is 28.1 Å². The van der Waals surface area contributed by atoms with Gasteiger partial charge in [0.15, 0.2) is 17.3 Å². The van der Waals surface area contributed by atoms with E-state index in [0.717, 1.165) is 5.56 Å². The third kappa shape index (κ3) is 4.12. The van der Waals surface area contributed by atoms with Crippen LogP contribution in [-0.4, -0.2) is 44.5 Å². The molecule has 4 rings (SSSR count). The minimum absolute atomic E-state index is 0.307. The molecule has 0 saturated heterocycles. The summed E-state index contributed by atoms with van der Waals surface area (Å²) in [5.41, 5.74) is 2.32. The minimum atomic E-state index is -0.404. The van der Waals surface area contributed by atoms with E-state index in [1.807, 2.05) is 12.1 Å². The molecule has 0 unspecified atom stereocenters. The SMILES string of the molecule is COc1ccc(F)cc1-c1ccc2c(NC(=O)c3cc(OC)c(OC)c(OC)c3)n[nH]c2c1. The van der Waals surface area contributed by atoms with Gasteiger partial charge in [-0.2, -0.15) is 5.10 Å². The smallest absolute Gasteiger partial charge is 0.257 e. The summed E-state index contributed by atoms with van der Waals surface area (Å²) in [6.07, 6.45) is 0. The molecule has 33 heavy (non-hydrogen) atoms. The Balaban J connectivity index is 1.66. The van der Waals surface area contributed by atoms with Gasteiger partial charge in [0.25, 0.3) is 5.91 Å². The zero-order chi connectivity index (χ0) is 23.5. The van der Waals surface area contributed by atoms with E-state index in [0.29, 0.717) is 50.8 Å². The van der Waals surface area contributed by atoms with E-state index in [4.69, 9.17) is 18.9 Å². The highest BCUT2D eigenvalue weighted by Gasteiger charge is 2.19.